The number of aromatic carboxylic acids is 1. The molecule has 0 aliphatic rings. The number of unbranched alkanes of at least 4 members (excludes halogenated alkanes) is 4. The van der Waals surface area contributed by atoms with Gasteiger partial charge >= 0.3 is 5.97 Å². The molecule has 0 heterocycles. The first-order valence-corrected chi connectivity index (χ1v) is 7.10. The minimum atomic E-state index is -0.929. The van der Waals surface area contributed by atoms with E-state index in [1.54, 1.807) is 18.2 Å². The maximum absolute atomic E-state index is 10.8. The van der Waals surface area contributed by atoms with Gasteiger partial charge in [-0.2, -0.15) is 0 Å². The van der Waals surface area contributed by atoms with Crippen molar-refractivity contribution in [3.63, 3.8) is 0 Å². The third-order valence-electron chi connectivity index (χ3n) is 2.68. The van der Waals surface area contributed by atoms with Crippen LogP contribution in [-0.2, 0) is 0 Å². The standard InChI is InChI=1S/C14H19BrO3/c1-2-3-4-5-6-9-18-13-8-7-11(14(16)17)10-12(13)15/h7-8,10H,2-6,9H2,1H3,(H,16,17). The number of hydrogen-bond donors (Lipinski definition) is 1. The molecule has 0 amide bonds. The minimum Gasteiger partial charge on any atom is -0.492 e. The van der Waals surface area contributed by atoms with Crippen LogP contribution >= 0.6 is 15.9 Å². The van der Waals surface area contributed by atoms with Gasteiger partial charge in [0.05, 0.1) is 16.6 Å². The van der Waals surface area contributed by atoms with Crippen LogP contribution in [0.25, 0.3) is 0 Å². The van der Waals surface area contributed by atoms with Crippen molar-refractivity contribution in [3.8, 4) is 5.75 Å². The Balaban J connectivity index is 2.36. The highest BCUT2D eigenvalue weighted by Crippen LogP contribution is 2.26. The summed E-state index contributed by atoms with van der Waals surface area (Å²) in [5, 5.41) is 8.84. The first-order chi connectivity index (χ1) is 8.65. The molecule has 0 aromatic heterocycles. The van der Waals surface area contributed by atoms with Crippen LogP contribution in [0.3, 0.4) is 0 Å². The first-order valence-electron chi connectivity index (χ1n) is 6.30. The summed E-state index contributed by atoms with van der Waals surface area (Å²) in [6, 6.07) is 4.81. The van der Waals surface area contributed by atoms with Gasteiger partial charge in [0.2, 0.25) is 0 Å². The fraction of sp³-hybridized carbons (Fsp3) is 0.500. The summed E-state index contributed by atoms with van der Waals surface area (Å²) in [7, 11) is 0. The molecule has 0 saturated heterocycles. The Kier molecular flexibility index (Phi) is 6.80. The van der Waals surface area contributed by atoms with E-state index in [-0.39, 0.29) is 5.56 Å². The van der Waals surface area contributed by atoms with E-state index in [0.717, 1.165) is 6.42 Å². The fourth-order valence-corrected chi connectivity index (χ4v) is 2.13. The van der Waals surface area contributed by atoms with Gasteiger partial charge in [0, 0.05) is 0 Å². The zero-order chi connectivity index (χ0) is 13.4. The lowest BCUT2D eigenvalue weighted by atomic mass is 10.2. The monoisotopic (exact) mass is 314 g/mol. The molecule has 0 saturated carbocycles. The summed E-state index contributed by atoms with van der Waals surface area (Å²) in [4.78, 5) is 10.8. The SMILES string of the molecule is CCCCCCCOc1ccc(C(=O)O)cc1Br. The largest absolute Gasteiger partial charge is 0.492 e. The molecular weight excluding hydrogens is 296 g/mol. The molecule has 0 bridgehead atoms. The normalized spacial score (nSPS) is 10.3. The Hall–Kier alpha value is -1.03. The van der Waals surface area contributed by atoms with Crippen molar-refractivity contribution in [2.45, 2.75) is 39.0 Å². The predicted molar refractivity (Wildman–Crippen MR) is 75.4 cm³/mol. The van der Waals surface area contributed by atoms with E-state index in [4.69, 9.17) is 9.84 Å². The van der Waals surface area contributed by atoms with E-state index in [1.807, 2.05) is 0 Å². The van der Waals surface area contributed by atoms with Gasteiger partial charge in [-0.1, -0.05) is 32.6 Å². The lowest BCUT2D eigenvalue weighted by Gasteiger charge is -2.08. The van der Waals surface area contributed by atoms with Crippen LogP contribution in [0.5, 0.6) is 5.75 Å². The number of halogens is 1. The highest BCUT2D eigenvalue weighted by atomic mass is 79.9. The number of carboxylic acid groups (broad SMARTS) is 1. The number of ether oxygens (including phenoxy) is 1. The van der Waals surface area contributed by atoms with Crippen molar-refractivity contribution in [1.82, 2.24) is 0 Å². The second-order valence-electron chi connectivity index (χ2n) is 4.21. The van der Waals surface area contributed by atoms with E-state index in [2.05, 4.69) is 22.9 Å². The van der Waals surface area contributed by atoms with E-state index in [9.17, 15) is 4.79 Å². The number of carbonyl (C=O) groups is 1. The van der Waals surface area contributed by atoms with Crippen molar-refractivity contribution < 1.29 is 14.6 Å². The predicted octanol–water partition coefficient (Wildman–Crippen LogP) is 4.50. The molecule has 0 aliphatic heterocycles. The van der Waals surface area contributed by atoms with Crippen LogP contribution in [0, 0.1) is 0 Å². The first kappa shape index (κ1) is 15.0. The van der Waals surface area contributed by atoms with E-state index in [0.29, 0.717) is 16.8 Å². The molecule has 1 aromatic rings. The molecule has 0 spiro atoms. The zero-order valence-electron chi connectivity index (χ0n) is 10.6. The van der Waals surface area contributed by atoms with Crippen LogP contribution in [0.15, 0.2) is 22.7 Å². The molecule has 1 rings (SSSR count). The van der Waals surface area contributed by atoms with E-state index < -0.39 is 5.97 Å². The van der Waals surface area contributed by atoms with Crippen LogP contribution in [-0.4, -0.2) is 17.7 Å². The van der Waals surface area contributed by atoms with Gasteiger partial charge in [-0.3, -0.25) is 0 Å². The second kappa shape index (κ2) is 8.14. The molecule has 18 heavy (non-hydrogen) atoms. The molecule has 0 fully saturated rings. The molecule has 1 aromatic carbocycles. The number of carboxylic acids is 1. The Bertz CT molecular complexity index is 391. The lowest BCUT2D eigenvalue weighted by molar-refractivity contribution is 0.0697. The summed E-state index contributed by atoms with van der Waals surface area (Å²) in [5.41, 5.74) is 0.261. The van der Waals surface area contributed by atoms with Gasteiger partial charge in [-0.15, -0.1) is 0 Å². The fourth-order valence-electron chi connectivity index (χ4n) is 1.64. The molecule has 1 N–H and O–H groups in total. The number of rotatable bonds is 8. The number of benzene rings is 1. The van der Waals surface area contributed by atoms with Crippen molar-refractivity contribution >= 4 is 21.9 Å². The Labute approximate surface area is 116 Å². The second-order valence-corrected chi connectivity index (χ2v) is 5.07. The third-order valence-corrected chi connectivity index (χ3v) is 3.30. The van der Waals surface area contributed by atoms with Crippen molar-refractivity contribution in [3.05, 3.63) is 28.2 Å². The highest BCUT2D eigenvalue weighted by molar-refractivity contribution is 9.10. The molecule has 0 unspecified atom stereocenters. The maximum Gasteiger partial charge on any atom is 0.335 e. The molecule has 0 atom stereocenters. The lowest BCUT2D eigenvalue weighted by Crippen LogP contribution is -2.00. The third kappa shape index (κ3) is 5.08. The van der Waals surface area contributed by atoms with Gasteiger partial charge in [0.15, 0.2) is 0 Å². The van der Waals surface area contributed by atoms with Crippen LogP contribution in [0.2, 0.25) is 0 Å². The summed E-state index contributed by atoms with van der Waals surface area (Å²) in [5.74, 6) is -0.225. The van der Waals surface area contributed by atoms with Gasteiger partial charge in [0.1, 0.15) is 5.75 Å². The summed E-state index contributed by atoms with van der Waals surface area (Å²) in [6.07, 6.45) is 5.98. The van der Waals surface area contributed by atoms with Gasteiger partial charge in [0.25, 0.3) is 0 Å². The molecule has 0 radical (unpaired) electrons. The summed E-state index contributed by atoms with van der Waals surface area (Å²) in [6.45, 7) is 2.87. The highest BCUT2D eigenvalue weighted by Gasteiger charge is 2.07. The Morgan fingerprint density at radius 2 is 2.00 bits per heavy atom. The van der Waals surface area contributed by atoms with Crippen molar-refractivity contribution in [2.24, 2.45) is 0 Å². The minimum absolute atomic E-state index is 0.261. The quantitative estimate of drug-likeness (QED) is 0.719. The van der Waals surface area contributed by atoms with Crippen LogP contribution in [0.1, 0.15) is 49.4 Å². The van der Waals surface area contributed by atoms with E-state index >= 15 is 0 Å². The smallest absolute Gasteiger partial charge is 0.335 e. The zero-order valence-corrected chi connectivity index (χ0v) is 12.2. The van der Waals surface area contributed by atoms with Crippen molar-refractivity contribution in [2.75, 3.05) is 6.61 Å². The molecular formula is C14H19BrO3. The molecule has 3 nitrogen and oxygen atoms in total. The molecule has 0 aliphatic carbocycles. The van der Waals surface area contributed by atoms with Gasteiger partial charge in [-0.05, 0) is 40.5 Å². The topological polar surface area (TPSA) is 46.5 Å². The molecule has 100 valence electrons. The maximum atomic E-state index is 10.8. The van der Waals surface area contributed by atoms with Crippen LogP contribution < -0.4 is 4.74 Å². The Morgan fingerprint density at radius 1 is 1.28 bits per heavy atom. The average Bonchev–Trinajstić information content (AvgIpc) is 2.35. The van der Waals surface area contributed by atoms with Crippen LogP contribution in [0.4, 0.5) is 0 Å². The summed E-state index contributed by atoms with van der Waals surface area (Å²) < 4.78 is 6.30. The van der Waals surface area contributed by atoms with Gasteiger partial charge < -0.3 is 9.84 Å². The Morgan fingerprint density at radius 3 is 2.61 bits per heavy atom. The van der Waals surface area contributed by atoms with Gasteiger partial charge in [-0.25, -0.2) is 4.79 Å². The number of hydrogen-bond acceptors (Lipinski definition) is 2. The van der Waals surface area contributed by atoms with E-state index in [1.165, 1.54) is 25.7 Å². The molecule has 4 heteroatoms. The van der Waals surface area contributed by atoms with Crippen molar-refractivity contribution in [1.29, 1.82) is 0 Å². The summed E-state index contributed by atoms with van der Waals surface area (Å²) >= 11 is 3.32. The average molecular weight is 315 g/mol.